The Morgan fingerprint density at radius 1 is 1.22 bits per heavy atom. The van der Waals surface area contributed by atoms with Crippen molar-refractivity contribution in [3.63, 3.8) is 0 Å². The lowest BCUT2D eigenvalue weighted by Crippen LogP contribution is -2.50. The number of hydrogen-bond donors (Lipinski definition) is 1. The van der Waals surface area contributed by atoms with Crippen LogP contribution in [-0.2, 0) is 7.05 Å². The molecular formula is C19H19FN6O. The zero-order valence-electron chi connectivity index (χ0n) is 15.5. The van der Waals surface area contributed by atoms with Crippen LogP contribution >= 0.6 is 0 Å². The topological polar surface area (TPSA) is 75.4 Å². The second-order valence-corrected chi connectivity index (χ2v) is 7.02. The molecule has 3 heterocycles. The molecule has 0 atom stereocenters. The maximum atomic E-state index is 14.2. The smallest absolute Gasteiger partial charge is 0.261 e. The predicted molar refractivity (Wildman–Crippen MR) is 102 cm³/mol. The van der Waals surface area contributed by atoms with Gasteiger partial charge in [-0.1, -0.05) is 6.07 Å². The van der Waals surface area contributed by atoms with Crippen molar-refractivity contribution < 1.29 is 4.39 Å². The standard InChI is InChI=1S/C19H19FN6O/c1-11-22-14-10-12(7-8-13(14)18(27)25(11)4)16-19(2,3)26(24-23-16)15-6-5-9-21-17(15)20/h5-10,24H,1-4H3. The monoisotopic (exact) mass is 366 g/mol. The average Bonchev–Trinajstić information content (AvgIpc) is 2.94. The van der Waals surface area contributed by atoms with Gasteiger partial charge < -0.3 is 0 Å². The number of anilines is 1. The van der Waals surface area contributed by atoms with Crippen molar-refractivity contribution in [2.24, 2.45) is 12.1 Å². The summed E-state index contributed by atoms with van der Waals surface area (Å²) >= 11 is 0. The molecule has 2 aromatic heterocycles. The number of rotatable bonds is 2. The van der Waals surface area contributed by atoms with Gasteiger partial charge in [-0.25, -0.2) is 15.5 Å². The molecule has 7 nitrogen and oxygen atoms in total. The first-order chi connectivity index (χ1) is 12.8. The quantitative estimate of drug-likeness (QED) is 0.705. The van der Waals surface area contributed by atoms with Gasteiger partial charge in [-0.15, -0.1) is 0 Å². The number of hydrazone groups is 1. The van der Waals surface area contributed by atoms with E-state index in [4.69, 9.17) is 0 Å². The fraction of sp³-hybridized carbons (Fsp3) is 0.263. The molecule has 0 radical (unpaired) electrons. The zero-order chi connectivity index (χ0) is 19.3. The molecule has 0 unspecified atom stereocenters. The van der Waals surface area contributed by atoms with Crippen LogP contribution in [-0.4, -0.2) is 25.8 Å². The first-order valence-electron chi connectivity index (χ1n) is 8.53. The van der Waals surface area contributed by atoms with Crippen LogP contribution in [0.5, 0.6) is 0 Å². The Kier molecular flexibility index (Phi) is 3.73. The highest BCUT2D eigenvalue weighted by molar-refractivity contribution is 6.11. The third kappa shape index (κ3) is 2.56. The van der Waals surface area contributed by atoms with Crippen molar-refractivity contribution in [3.8, 4) is 0 Å². The van der Waals surface area contributed by atoms with Gasteiger partial charge in [-0.2, -0.15) is 9.49 Å². The number of fused-ring (bicyclic) bond motifs is 1. The van der Waals surface area contributed by atoms with Crippen molar-refractivity contribution in [2.45, 2.75) is 26.3 Å². The van der Waals surface area contributed by atoms with Gasteiger partial charge >= 0.3 is 0 Å². The van der Waals surface area contributed by atoms with Crippen molar-refractivity contribution >= 4 is 22.3 Å². The van der Waals surface area contributed by atoms with E-state index < -0.39 is 11.5 Å². The van der Waals surface area contributed by atoms with Crippen LogP contribution in [0.25, 0.3) is 10.9 Å². The molecule has 0 fully saturated rings. The number of halogens is 1. The third-order valence-electron chi connectivity index (χ3n) is 4.95. The van der Waals surface area contributed by atoms with Crippen LogP contribution in [0.1, 0.15) is 25.2 Å². The molecule has 0 amide bonds. The van der Waals surface area contributed by atoms with Crippen LogP contribution < -0.4 is 16.1 Å². The lowest BCUT2D eigenvalue weighted by atomic mass is 9.91. The fourth-order valence-electron chi connectivity index (χ4n) is 3.31. The lowest BCUT2D eigenvalue weighted by molar-refractivity contribution is 0.523. The Bertz CT molecular complexity index is 1150. The second kappa shape index (κ2) is 5.87. The van der Waals surface area contributed by atoms with Gasteiger partial charge in [-0.05, 0) is 45.0 Å². The normalized spacial score (nSPS) is 15.7. The number of hydrazine groups is 1. The fourth-order valence-corrected chi connectivity index (χ4v) is 3.31. The van der Waals surface area contributed by atoms with Gasteiger partial charge in [0.1, 0.15) is 17.1 Å². The third-order valence-corrected chi connectivity index (χ3v) is 4.95. The van der Waals surface area contributed by atoms with Crippen molar-refractivity contribution in [3.05, 3.63) is 64.2 Å². The number of hydrogen-bond acceptors (Lipinski definition) is 6. The summed E-state index contributed by atoms with van der Waals surface area (Å²) in [6.45, 7) is 5.66. The van der Waals surface area contributed by atoms with Gasteiger partial charge in [0.05, 0.1) is 16.6 Å². The molecular weight excluding hydrogens is 347 g/mol. The molecule has 1 aliphatic heterocycles. The molecule has 0 saturated heterocycles. The Labute approximate surface area is 155 Å². The number of nitrogens with zero attached hydrogens (tertiary/aromatic N) is 5. The summed E-state index contributed by atoms with van der Waals surface area (Å²) in [6, 6.07) is 8.75. The maximum absolute atomic E-state index is 14.2. The summed E-state index contributed by atoms with van der Waals surface area (Å²) < 4.78 is 15.7. The van der Waals surface area contributed by atoms with E-state index in [-0.39, 0.29) is 5.56 Å². The predicted octanol–water partition coefficient (Wildman–Crippen LogP) is 2.28. The van der Waals surface area contributed by atoms with E-state index in [0.717, 1.165) is 5.56 Å². The summed E-state index contributed by atoms with van der Waals surface area (Å²) in [5.41, 5.74) is 4.60. The lowest BCUT2D eigenvalue weighted by Gasteiger charge is -2.33. The average molecular weight is 366 g/mol. The van der Waals surface area contributed by atoms with Crippen LogP contribution in [0.4, 0.5) is 10.1 Å². The van der Waals surface area contributed by atoms with E-state index in [9.17, 15) is 9.18 Å². The van der Waals surface area contributed by atoms with Crippen LogP contribution in [0.2, 0.25) is 0 Å². The molecule has 8 heteroatoms. The first kappa shape index (κ1) is 17.1. The Hall–Kier alpha value is -3.29. The summed E-state index contributed by atoms with van der Waals surface area (Å²) in [7, 11) is 1.70. The van der Waals surface area contributed by atoms with E-state index in [0.29, 0.717) is 28.1 Å². The van der Waals surface area contributed by atoms with Gasteiger partial charge in [0.15, 0.2) is 0 Å². The molecule has 1 aliphatic rings. The SMILES string of the molecule is Cc1nc2cc(C3=NNN(c4cccnc4F)C3(C)C)ccc2c(=O)n1C. The van der Waals surface area contributed by atoms with Gasteiger partial charge in [-0.3, -0.25) is 14.4 Å². The highest BCUT2D eigenvalue weighted by atomic mass is 19.1. The molecule has 138 valence electrons. The highest BCUT2D eigenvalue weighted by Gasteiger charge is 2.40. The maximum Gasteiger partial charge on any atom is 0.261 e. The van der Waals surface area contributed by atoms with E-state index in [1.807, 2.05) is 26.0 Å². The summed E-state index contributed by atoms with van der Waals surface area (Å²) in [5.74, 6) is 0.0586. The minimum Gasteiger partial charge on any atom is -0.299 e. The van der Waals surface area contributed by atoms with Crippen LogP contribution in [0, 0.1) is 12.9 Å². The molecule has 1 N–H and O–H groups in total. The molecule has 0 bridgehead atoms. The summed E-state index contributed by atoms with van der Waals surface area (Å²) in [5, 5.41) is 6.60. The minimum atomic E-state index is -0.646. The Morgan fingerprint density at radius 2 is 2.00 bits per heavy atom. The van der Waals surface area contributed by atoms with Crippen LogP contribution in [0.15, 0.2) is 46.4 Å². The zero-order valence-corrected chi connectivity index (χ0v) is 15.5. The highest BCUT2D eigenvalue weighted by Crippen LogP contribution is 2.31. The number of benzene rings is 1. The van der Waals surface area contributed by atoms with E-state index >= 15 is 0 Å². The Morgan fingerprint density at radius 3 is 2.74 bits per heavy atom. The largest absolute Gasteiger partial charge is 0.299 e. The molecule has 0 aliphatic carbocycles. The number of aromatic nitrogens is 3. The van der Waals surface area contributed by atoms with Gasteiger partial charge in [0.25, 0.3) is 5.56 Å². The van der Waals surface area contributed by atoms with Crippen molar-refractivity contribution in [1.82, 2.24) is 20.1 Å². The molecule has 0 saturated carbocycles. The summed E-state index contributed by atoms with van der Waals surface area (Å²) in [4.78, 5) is 20.6. The Balaban J connectivity index is 1.79. The molecule has 27 heavy (non-hydrogen) atoms. The van der Waals surface area contributed by atoms with Gasteiger partial charge in [0.2, 0.25) is 5.95 Å². The number of aryl methyl sites for hydroxylation is 1. The number of pyridine rings is 1. The van der Waals surface area contributed by atoms with Gasteiger partial charge in [0, 0.05) is 18.8 Å². The second-order valence-electron chi connectivity index (χ2n) is 7.02. The van der Waals surface area contributed by atoms with Crippen LogP contribution in [0.3, 0.4) is 0 Å². The molecule has 4 rings (SSSR count). The van der Waals surface area contributed by atoms with E-state index in [2.05, 4.69) is 20.6 Å². The molecule has 1 aromatic carbocycles. The van der Waals surface area contributed by atoms with Crippen molar-refractivity contribution in [2.75, 3.05) is 5.01 Å². The first-order valence-corrected chi connectivity index (χ1v) is 8.53. The molecule has 3 aromatic rings. The van der Waals surface area contributed by atoms with E-state index in [1.165, 1.54) is 10.8 Å². The minimum absolute atomic E-state index is 0.0890. The van der Waals surface area contributed by atoms with E-state index in [1.54, 1.807) is 37.2 Å². The van der Waals surface area contributed by atoms with Crippen molar-refractivity contribution in [1.29, 1.82) is 0 Å². The summed E-state index contributed by atoms with van der Waals surface area (Å²) in [6.07, 6.45) is 1.40. The number of nitrogens with one attached hydrogen (secondary N) is 1. The molecule has 0 spiro atoms.